The standard InChI is InChI=1S/C30H41N2O2/c1-30(27-15-7-3-8-16-27,31-19-9-4-10-20-31)29(33)34-28-24-32(22-17-26(28)18-23-32)21-11-14-25-12-5-2-6-13-25/h2-3,5-8,12-13,15-16,26,28H,4,9-11,14,17-24H2,1H3/q+1/t26?,28-,30-,32?/m0/s1. The molecule has 34 heavy (non-hydrogen) atoms. The Hall–Kier alpha value is -2.17. The molecule has 4 nitrogen and oxygen atoms in total. The molecule has 4 saturated heterocycles. The molecule has 4 aliphatic heterocycles. The van der Waals surface area contributed by atoms with E-state index < -0.39 is 5.54 Å². The third-order valence-electron chi connectivity index (χ3n) is 8.96. The average molecular weight is 462 g/mol. The van der Waals surface area contributed by atoms with Crippen molar-refractivity contribution in [3.05, 3.63) is 71.8 Å². The minimum atomic E-state index is -0.703. The van der Waals surface area contributed by atoms with Crippen LogP contribution in [-0.4, -0.2) is 60.7 Å². The summed E-state index contributed by atoms with van der Waals surface area (Å²) in [6.07, 6.45) is 8.33. The van der Waals surface area contributed by atoms with Gasteiger partial charge in [-0.05, 0) is 50.4 Å². The summed E-state index contributed by atoms with van der Waals surface area (Å²) in [5, 5.41) is 0. The molecule has 0 amide bonds. The smallest absolute Gasteiger partial charge is 0.331 e. The first-order valence-electron chi connectivity index (χ1n) is 13.5. The van der Waals surface area contributed by atoms with Crippen molar-refractivity contribution in [1.82, 2.24) is 4.90 Å². The van der Waals surface area contributed by atoms with E-state index in [-0.39, 0.29) is 12.1 Å². The highest BCUT2D eigenvalue weighted by Crippen LogP contribution is 2.39. The molecule has 0 aliphatic carbocycles. The number of rotatable bonds is 8. The lowest BCUT2D eigenvalue weighted by Gasteiger charge is -2.53. The van der Waals surface area contributed by atoms with Gasteiger partial charge < -0.3 is 9.22 Å². The number of ether oxygens (including phenoxy) is 1. The summed E-state index contributed by atoms with van der Waals surface area (Å²) < 4.78 is 7.62. The molecule has 0 radical (unpaired) electrons. The van der Waals surface area contributed by atoms with Crippen LogP contribution in [0.1, 0.15) is 56.6 Å². The number of quaternary nitrogens is 1. The second-order valence-corrected chi connectivity index (χ2v) is 11.1. The highest BCUT2D eigenvalue weighted by molar-refractivity contribution is 5.82. The maximum atomic E-state index is 13.9. The zero-order valence-electron chi connectivity index (χ0n) is 20.8. The molecule has 4 aliphatic rings. The fourth-order valence-electron chi connectivity index (χ4n) is 6.72. The van der Waals surface area contributed by atoms with Crippen molar-refractivity contribution in [3.8, 4) is 0 Å². The maximum absolute atomic E-state index is 13.9. The van der Waals surface area contributed by atoms with Crippen molar-refractivity contribution >= 4 is 5.97 Å². The summed E-state index contributed by atoms with van der Waals surface area (Å²) in [6, 6.07) is 21.2. The third kappa shape index (κ3) is 4.81. The Morgan fingerprint density at radius 3 is 2.29 bits per heavy atom. The van der Waals surface area contributed by atoms with E-state index in [1.807, 2.05) is 18.2 Å². The number of benzene rings is 2. The van der Waals surface area contributed by atoms with Crippen molar-refractivity contribution in [1.29, 1.82) is 0 Å². The molecule has 2 aromatic rings. The second-order valence-electron chi connectivity index (χ2n) is 11.1. The van der Waals surface area contributed by atoms with Gasteiger partial charge in [-0.15, -0.1) is 0 Å². The normalized spacial score (nSPS) is 28.9. The quantitative estimate of drug-likeness (QED) is 0.401. The largest absolute Gasteiger partial charge is 0.454 e. The fraction of sp³-hybridized carbons (Fsp3) is 0.567. The zero-order chi connectivity index (χ0) is 23.4. The summed E-state index contributed by atoms with van der Waals surface area (Å²) in [5.74, 6) is 0.487. The topological polar surface area (TPSA) is 29.5 Å². The van der Waals surface area contributed by atoms with Gasteiger partial charge in [0, 0.05) is 25.2 Å². The van der Waals surface area contributed by atoms with Crippen LogP contribution in [0.15, 0.2) is 60.7 Å². The van der Waals surface area contributed by atoms with Gasteiger partial charge in [0.15, 0.2) is 6.10 Å². The highest BCUT2D eigenvalue weighted by Gasteiger charge is 2.50. The molecule has 0 spiro atoms. The van der Waals surface area contributed by atoms with Crippen LogP contribution in [0.3, 0.4) is 0 Å². The van der Waals surface area contributed by atoms with Gasteiger partial charge >= 0.3 is 5.97 Å². The van der Waals surface area contributed by atoms with Crippen LogP contribution in [0.5, 0.6) is 0 Å². The molecule has 4 heteroatoms. The number of likely N-dealkylation sites (tertiary alicyclic amines) is 1. The molecule has 4 heterocycles. The molecule has 4 fully saturated rings. The van der Waals surface area contributed by atoms with Gasteiger partial charge in [0.05, 0.1) is 19.6 Å². The Bertz CT molecular complexity index is 933. The van der Waals surface area contributed by atoms with Crippen LogP contribution < -0.4 is 0 Å². The zero-order valence-corrected chi connectivity index (χ0v) is 20.8. The fourth-order valence-corrected chi connectivity index (χ4v) is 6.72. The van der Waals surface area contributed by atoms with Crippen LogP contribution in [0.25, 0.3) is 0 Å². The van der Waals surface area contributed by atoms with Crippen LogP contribution in [0.4, 0.5) is 0 Å². The van der Waals surface area contributed by atoms with Crippen LogP contribution >= 0.6 is 0 Å². The molecule has 0 saturated carbocycles. The molecule has 182 valence electrons. The van der Waals surface area contributed by atoms with Crippen LogP contribution in [-0.2, 0) is 21.5 Å². The highest BCUT2D eigenvalue weighted by atomic mass is 16.5. The van der Waals surface area contributed by atoms with Gasteiger partial charge in [0.1, 0.15) is 12.1 Å². The maximum Gasteiger partial charge on any atom is 0.331 e. The van der Waals surface area contributed by atoms with Crippen molar-refractivity contribution < 1.29 is 14.0 Å². The molecule has 0 aromatic heterocycles. The summed E-state index contributed by atoms with van der Waals surface area (Å²) in [4.78, 5) is 16.3. The number of fused-ring (bicyclic) bond motifs is 3. The molecule has 6 rings (SSSR count). The van der Waals surface area contributed by atoms with Crippen molar-refractivity contribution in [2.24, 2.45) is 5.92 Å². The van der Waals surface area contributed by atoms with Gasteiger partial charge in [0.25, 0.3) is 0 Å². The van der Waals surface area contributed by atoms with Crippen molar-refractivity contribution in [2.45, 2.75) is 63.5 Å². The number of esters is 1. The van der Waals surface area contributed by atoms with Crippen LogP contribution in [0, 0.1) is 5.92 Å². The Morgan fingerprint density at radius 2 is 1.62 bits per heavy atom. The van der Waals surface area contributed by atoms with Crippen molar-refractivity contribution in [3.63, 3.8) is 0 Å². The average Bonchev–Trinajstić information content (AvgIpc) is 2.90. The number of piperidine rings is 4. The summed E-state index contributed by atoms with van der Waals surface area (Å²) in [6.45, 7) is 8.71. The van der Waals surface area contributed by atoms with E-state index in [1.165, 1.54) is 50.9 Å². The number of hydrogen-bond donors (Lipinski definition) is 0. The first-order valence-corrected chi connectivity index (χ1v) is 13.5. The lowest BCUT2D eigenvalue weighted by atomic mass is 9.82. The molecule has 2 atom stereocenters. The predicted octanol–water partition coefficient (Wildman–Crippen LogP) is 5.17. The number of aryl methyl sites for hydroxylation is 1. The monoisotopic (exact) mass is 461 g/mol. The lowest BCUT2D eigenvalue weighted by molar-refractivity contribution is -0.946. The first-order chi connectivity index (χ1) is 16.6. The Labute approximate surface area is 205 Å². The minimum Gasteiger partial charge on any atom is -0.454 e. The summed E-state index contributed by atoms with van der Waals surface area (Å²) >= 11 is 0. The van der Waals surface area contributed by atoms with E-state index in [0.717, 1.165) is 48.9 Å². The molecule has 0 N–H and O–H groups in total. The van der Waals surface area contributed by atoms with Crippen LogP contribution in [0.2, 0.25) is 0 Å². The lowest BCUT2D eigenvalue weighted by Crippen LogP contribution is -2.65. The Balaban J connectivity index is 1.28. The number of carbonyl (C=O) groups is 1. The number of hydrogen-bond acceptors (Lipinski definition) is 3. The molecular formula is C30H41N2O2+. The minimum absolute atomic E-state index is 0.0400. The Morgan fingerprint density at radius 1 is 0.971 bits per heavy atom. The van der Waals surface area contributed by atoms with E-state index >= 15 is 0 Å². The Kier molecular flexibility index (Phi) is 7.08. The molecule has 2 bridgehead atoms. The number of carbonyl (C=O) groups excluding carboxylic acids is 1. The van der Waals surface area contributed by atoms with Gasteiger partial charge in [-0.1, -0.05) is 67.1 Å². The van der Waals surface area contributed by atoms with Gasteiger partial charge in [-0.2, -0.15) is 0 Å². The van der Waals surface area contributed by atoms with Gasteiger partial charge in [-0.25, -0.2) is 4.79 Å². The van der Waals surface area contributed by atoms with E-state index in [1.54, 1.807) is 0 Å². The van der Waals surface area contributed by atoms with Crippen molar-refractivity contribution in [2.75, 3.05) is 39.3 Å². The van der Waals surface area contributed by atoms with Gasteiger partial charge in [0.2, 0.25) is 0 Å². The molecular weight excluding hydrogens is 420 g/mol. The molecule has 2 aromatic carbocycles. The van der Waals surface area contributed by atoms with E-state index in [2.05, 4.69) is 54.3 Å². The SMILES string of the molecule is C[C@@](C(=O)O[C@H]1C[N+]2(CCCc3ccccc3)CCC1CC2)(c1ccccc1)N1CCCCC1. The summed E-state index contributed by atoms with van der Waals surface area (Å²) in [7, 11) is 0. The van der Waals surface area contributed by atoms with E-state index in [0.29, 0.717) is 5.92 Å². The summed E-state index contributed by atoms with van der Waals surface area (Å²) in [5.41, 5.74) is 1.79. The van der Waals surface area contributed by atoms with E-state index in [9.17, 15) is 4.79 Å². The first kappa shape index (κ1) is 23.6. The second kappa shape index (κ2) is 10.2. The third-order valence-corrected chi connectivity index (χ3v) is 8.96. The predicted molar refractivity (Wildman–Crippen MR) is 136 cm³/mol. The van der Waals surface area contributed by atoms with Gasteiger partial charge in [-0.3, -0.25) is 4.90 Å². The number of nitrogens with zero attached hydrogens (tertiary/aromatic N) is 2. The van der Waals surface area contributed by atoms with E-state index in [4.69, 9.17) is 4.74 Å². The molecule has 0 unspecified atom stereocenters.